The summed E-state index contributed by atoms with van der Waals surface area (Å²) < 4.78 is 23.6. The van der Waals surface area contributed by atoms with Crippen molar-refractivity contribution < 1.29 is 23.6 Å². The molecule has 1 aliphatic heterocycles. The minimum Gasteiger partial charge on any atom is -0.494 e. The minimum absolute atomic E-state index is 0.174. The van der Waals surface area contributed by atoms with Gasteiger partial charge in [0.2, 0.25) is 0 Å². The number of hydrogen-bond donors (Lipinski definition) is 1. The van der Waals surface area contributed by atoms with E-state index in [1.807, 2.05) is 52.0 Å². The number of carbonyl (C=O) groups excluding carboxylic acids is 1. The molecule has 1 fully saturated rings. The Morgan fingerprint density at radius 2 is 1.96 bits per heavy atom. The Bertz CT molecular complexity index is 715. The van der Waals surface area contributed by atoms with Gasteiger partial charge < -0.3 is 14.6 Å². The largest absolute Gasteiger partial charge is 0.494 e. The Hall–Kier alpha value is -1.66. The molecular weight excluding hydrogens is 364 g/mol. The van der Waals surface area contributed by atoms with Crippen LogP contribution in [0.4, 0.5) is 0 Å². The van der Waals surface area contributed by atoms with Gasteiger partial charge in [-0.15, -0.1) is 0 Å². The summed E-state index contributed by atoms with van der Waals surface area (Å²) in [6, 6.07) is 7.48. The van der Waals surface area contributed by atoms with Crippen LogP contribution in [0.2, 0.25) is 0 Å². The molecule has 1 heterocycles. The summed E-state index contributed by atoms with van der Waals surface area (Å²) in [6.45, 7) is 9.15. The van der Waals surface area contributed by atoms with Crippen LogP contribution < -0.4 is 0 Å². The second kappa shape index (κ2) is 9.02. The molecule has 0 aromatic heterocycles. The predicted octanol–water partition coefficient (Wildman–Crippen LogP) is 3.65. The van der Waals surface area contributed by atoms with Gasteiger partial charge >= 0.3 is 5.97 Å². The topological polar surface area (TPSA) is 72.8 Å². The summed E-state index contributed by atoms with van der Waals surface area (Å²) in [5.74, 6) is 0.424. The number of ether oxygens (including phenoxy) is 2. The maximum atomic E-state index is 12.4. The summed E-state index contributed by atoms with van der Waals surface area (Å²) in [6.07, 6.45) is 0.858. The highest BCUT2D eigenvalue weighted by Crippen LogP contribution is 2.29. The minimum atomic E-state index is -1.25. The molecule has 0 bridgehead atoms. The molecule has 6 heteroatoms. The maximum Gasteiger partial charge on any atom is 0.337 e. The van der Waals surface area contributed by atoms with E-state index >= 15 is 0 Å². The normalized spacial score (nSPS) is 21.3. The van der Waals surface area contributed by atoms with Gasteiger partial charge in [0, 0.05) is 17.7 Å². The first kappa shape index (κ1) is 21.6. The highest BCUT2D eigenvalue weighted by atomic mass is 32.2. The van der Waals surface area contributed by atoms with Crippen LogP contribution in [0.25, 0.3) is 0 Å². The van der Waals surface area contributed by atoms with Gasteiger partial charge in [0.05, 0.1) is 28.2 Å². The second-order valence-electron chi connectivity index (χ2n) is 8.04. The molecule has 3 atom stereocenters. The molecule has 0 aliphatic carbocycles. The standard InChI is InChI=1S/C21H30O5S/c1-14-6-9-18(10-7-14)27(24)13-16(22)12-17-8-11-19(25-17)15(2)20(23)26-21(3,4)5/h6-7,9-10,16-17,22H,8,11-13H2,1-5H3/b19-15+/t16-,17+,27+/m0/s1. The summed E-state index contributed by atoms with van der Waals surface area (Å²) in [7, 11) is -1.25. The number of benzene rings is 1. The number of allylic oxidation sites excluding steroid dienone is 1. The summed E-state index contributed by atoms with van der Waals surface area (Å²) in [5.41, 5.74) is 1.04. The Morgan fingerprint density at radius 3 is 2.56 bits per heavy atom. The van der Waals surface area contributed by atoms with Crippen LogP contribution in [-0.2, 0) is 25.1 Å². The third kappa shape index (κ3) is 6.78. The van der Waals surface area contributed by atoms with Crippen LogP contribution in [-0.4, -0.2) is 38.8 Å². The summed E-state index contributed by atoms with van der Waals surface area (Å²) in [4.78, 5) is 12.9. The average molecular weight is 395 g/mol. The number of esters is 1. The lowest BCUT2D eigenvalue weighted by molar-refractivity contribution is -0.150. The van der Waals surface area contributed by atoms with Crippen molar-refractivity contribution >= 4 is 16.8 Å². The van der Waals surface area contributed by atoms with Gasteiger partial charge in [-0.2, -0.15) is 0 Å². The maximum absolute atomic E-state index is 12.4. The van der Waals surface area contributed by atoms with Gasteiger partial charge in [0.25, 0.3) is 0 Å². The molecular formula is C21H30O5S. The number of aliphatic hydroxyl groups is 1. The van der Waals surface area contributed by atoms with Gasteiger partial charge in [-0.25, -0.2) is 4.79 Å². The van der Waals surface area contributed by atoms with E-state index in [4.69, 9.17) is 9.47 Å². The van der Waals surface area contributed by atoms with Crippen molar-refractivity contribution in [3.8, 4) is 0 Å². The third-order valence-electron chi connectivity index (χ3n) is 4.29. The molecule has 0 amide bonds. The molecule has 1 aromatic rings. The van der Waals surface area contributed by atoms with Gasteiger partial charge in [-0.05, 0) is 53.2 Å². The number of carbonyl (C=O) groups is 1. The molecule has 1 N–H and O–H groups in total. The van der Waals surface area contributed by atoms with Crippen LogP contribution in [0.3, 0.4) is 0 Å². The lowest BCUT2D eigenvalue weighted by Gasteiger charge is -2.20. The fourth-order valence-electron chi connectivity index (χ4n) is 2.85. The first-order valence-corrected chi connectivity index (χ1v) is 10.6. The van der Waals surface area contributed by atoms with E-state index < -0.39 is 22.5 Å². The Morgan fingerprint density at radius 1 is 1.33 bits per heavy atom. The smallest absolute Gasteiger partial charge is 0.337 e. The fourth-order valence-corrected chi connectivity index (χ4v) is 3.97. The van der Waals surface area contributed by atoms with Crippen LogP contribution in [0.15, 0.2) is 40.5 Å². The van der Waals surface area contributed by atoms with Gasteiger partial charge in [0.15, 0.2) is 0 Å². The SMILES string of the molecule is C/C(C(=O)OC(C)(C)C)=C1/CC[C@H](C[C@H](O)C[S@@](=O)c2ccc(C)cc2)O1. The molecule has 0 unspecified atom stereocenters. The highest BCUT2D eigenvalue weighted by Gasteiger charge is 2.28. The molecule has 0 radical (unpaired) electrons. The first-order chi connectivity index (χ1) is 12.5. The molecule has 27 heavy (non-hydrogen) atoms. The quantitative estimate of drug-likeness (QED) is 0.589. The summed E-state index contributed by atoms with van der Waals surface area (Å²) >= 11 is 0. The van der Waals surface area contributed by atoms with E-state index in [-0.39, 0.29) is 17.8 Å². The van der Waals surface area contributed by atoms with Crippen LogP contribution in [0, 0.1) is 6.92 Å². The molecule has 0 saturated carbocycles. The lowest BCUT2D eigenvalue weighted by Crippen LogP contribution is -2.25. The van der Waals surface area contributed by atoms with Gasteiger partial charge in [0.1, 0.15) is 17.5 Å². The Balaban J connectivity index is 1.88. The van der Waals surface area contributed by atoms with Crippen molar-refractivity contribution in [2.75, 3.05) is 5.75 Å². The van der Waals surface area contributed by atoms with E-state index in [2.05, 4.69) is 0 Å². The van der Waals surface area contributed by atoms with E-state index in [9.17, 15) is 14.1 Å². The monoisotopic (exact) mass is 394 g/mol. The van der Waals surface area contributed by atoms with Crippen LogP contribution >= 0.6 is 0 Å². The molecule has 150 valence electrons. The van der Waals surface area contributed by atoms with E-state index in [0.717, 1.165) is 12.0 Å². The number of aryl methyl sites for hydroxylation is 1. The average Bonchev–Trinajstić information content (AvgIpc) is 3.01. The zero-order valence-electron chi connectivity index (χ0n) is 16.8. The number of rotatable bonds is 6. The van der Waals surface area contributed by atoms with Crippen LogP contribution in [0.1, 0.15) is 52.5 Å². The zero-order valence-corrected chi connectivity index (χ0v) is 17.6. The molecule has 0 spiro atoms. The van der Waals surface area contributed by atoms with Crippen molar-refractivity contribution in [1.82, 2.24) is 0 Å². The number of hydrogen-bond acceptors (Lipinski definition) is 5. The van der Waals surface area contributed by atoms with Gasteiger partial charge in [-0.1, -0.05) is 17.7 Å². The van der Waals surface area contributed by atoms with Crippen molar-refractivity contribution in [3.05, 3.63) is 41.2 Å². The zero-order chi connectivity index (χ0) is 20.2. The van der Waals surface area contributed by atoms with Crippen molar-refractivity contribution in [2.24, 2.45) is 0 Å². The number of aliphatic hydroxyl groups excluding tert-OH is 1. The molecule has 5 nitrogen and oxygen atoms in total. The molecule has 2 rings (SSSR count). The third-order valence-corrected chi connectivity index (χ3v) is 5.77. The van der Waals surface area contributed by atoms with E-state index in [1.54, 1.807) is 6.92 Å². The van der Waals surface area contributed by atoms with Gasteiger partial charge in [-0.3, -0.25) is 4.21 Å². The van der Waals surface area contributed by atoms with E-state index in [0.29, 0.717) is 29.1 Å². The Kier molecular flexibility index (Phi) is 7.23. The molecule has 1 aromatic carbocycles. The van der Waals surface area contributed by atoms with E-state index in [1.165, 1.54) is 0 Å². The van der Waals surface area contributed by atoms with Crippen molar-refractivity contribution in [1.29, 1.82) is 0 Å². The Labute approximate surface area is 164 Å². The molecule has 1 aliphatic rings. The fraction of sp³-hybridized carbons (Fsp3) is 0.571. The van der Waals surface area contributed by atoms with Crippen molar-refractivity contribution in [2.45, 2.75) is 76.6 Å². The van der Waals surface area contributed by atoms with Crippen molar-refractivity contribution in [3.63, 3.8) is 0 Å². The highest BCUT2D eigenvalue weighted by molar-refractivity contribution is 7.85. The predicted molar refractivity (Wildman–Crippen MR) is 106 cm³/mol. The summed E-state index contributed by atoms with van der Waals surface area (Å²) in [5, 5.41) is 10.3. The lowest BCUT2D eigenvalue weighted by atomic mass is 10.1. The first-order valence-electron chi connectivity index (χ1n) is 9.28. The van der Waals surface area contributed by atoms with Crippen LogP contribution in [0.5, 0.6) is 0 Å². The molecule has 1 saturated heterocycles. The second-order valence-corrected chi connectivity index (χ2v) is 9.54.